The molecule has 2 aliphatic heterocycles. The summed E-state index contributed by atoms with van der Waals surface area (Å²) in [4.78, 5) is 16.7. The van der Waals surface area contributed by atoms with Crippen molar-refractivity contribution < 1.29 is 14.3 Å². The Hall–Kier alpha value is -1.85. The van der Waals surface area contributed by atoms with Crippen molar-refractivity contribution in [1.82, 2.24) is 10.3 Å². The van der Waals surface area contributed by atoms with Crippen LogP contribution in [0.2, 0.25) is 0 Å². The zero-order valence-corrected chi connectivity index (χ0v) is 19.9. The molecule has 1 aromatic heterocycles. The number of aryl methyl sites for hydroxylation is 2. The third-order valence-corrected chi connectivity index (χ3v) is 10.0. The Labute approximate surface area is 196 Å². The van der Waals surface area contributed by atoms with Crippen molar-refractivity contribution in [1.29, 1.82) is 0 Å². The highest BCUT2D eigenvalue weighted by Gasteiger charge is 2.65. The molecule has 7 atom stereocenters. The van der Waals surface area contributed by atoms with Crippen molar-refractivity contribution in [3.05, 3.63) is 35.0 Å². The van der Waals surface area contributed by atoms with E-state index in [1.54, 1.807) is 0 Å². The molecule has 2 saturated carbocycles. The van der Waals surface area contributed by atoms with E-state index in [0.29, 0.717) is 11.8 Å². The van der Waals surface area contributed by atoms with Crippen LogP contribution in [0.15, 0.2) is 18.2 Å². The van der Waals surface area contributed by atoms with E-state index in [9.17, 15) is 4.79 Å². The van der Waals surface area contributed by atoms with Crippen molar-refractivity contribution in [2.24, 2.45) is 23.2 Å². The van der Waals surface area contributed by atoms with Crippen LogP contribution in [0.1, 0.15) is 74.7 Å². The number of carbonyl (C=O) groups excluding carboxylic acids is 1. The summed E-state index contributed by atoms with van der Waals surface area (Å²) in [6.07, 6.45) is 9.33. The van der Waals surface area contributed by atoms with Gasteiger partial charge >= 0.3 is 5.97 Å². The van der Waals surface area contributed by atoms with E-state index < -0.39 is 0 Å². The van der Waals surface area contributed by atoms with E-state index in [1.165, 1.54) is 53.4 Å². The quantitative estimate of drug-likeness (QED) is 0.514. The second kappa shape index (κ2) is 7.08. The summed E-state index contributed by atoms with van der Waals surface area (Å²) in [5, 5.41) is 5.18. The first-order valence-electron chi connectivity index (χ1n) is 13.1. The lowest BCUT2D eigenvalue weighted by Gasteiger charge is -2.51. The third-order valence-electron chi connectivity index (χ3n) is 10.0. The number of benzene rings is 1. The average molecular weight is 449 g/mol. The van der Waals surface area contributed by atoms with Crippen LogP contribution in [0.5, 0.6) is 0 Å². The largest absolute Gasteiger partial charge is 0.462 e. The van der Waals surface area contributed by atoms with Crippen molar-refractivity contribution in [2.45, 2.75) is 83.0 Å². The number of aromatic nitrogens is 1. The van der Waals surface area contributed by atoms with Crippen LogP contribution < -0.4 is 5.32 Å². The zero-order chi connectivity index (χ0) is 22.4. The lowest BCUT2D eigenvalue weighted by atomic mass is 9.53. The van der Waals surface area contributed by atoms with Gasteiger partial charge in [0, 0.05) is 35.1 Å². The van der Waals surface area contributed by atoms with Crippen molar-refractivity contribution in [3.8, 4) is 0 Å². The summed E-state index contributed by atoms with van der Waals surface area (Å²) in [5.41, 5.74) is 5.72. The molecule has 2 aromatic rings. The second-order valence-corrected chi connectivity index (χ2v) is 12.0. The molecule has 2 saturated heterocycles. The van der Waals surface area contributed by atoms with Gasteiger partial charge in [-0.2, -0.15) is 0 Å². The highest BCUT2D eigenvalue weighted by atomic mass is 16.6. The molecule has 3 heterocycles. The SMILES string of the molecule is Cc1ccc2[nH]c3c(c2c1)CCC[C@H]3NC[C@@H]1C(=O)O[C@@H]2C[C@@]3(C)CCC[C@]4(CO4)[C@@H]3C[C@H]12. The number of esters is 1. The molecule has 1 spiro atoms. The predicted octanol–water partition coefficient (Wildman–Crippen LogP) is 4.97. The molecule has 5 aliphatic rings. The minimum atomic E-state index is -0.0331. The zero-order valence-electron chi connectivity index (χ0n) is 19.9. The van der Waals surface area contributed by atoms with Gasteiger partial charge in [0.05, 0.1) is 18.1 Å². The molecular weight excluding hydrogens is 412 g/mol. The molecule has 1 aromatic carbocycles. The number of nitrogens with one attached hydrogen (secondary N) is 2. The fourth-order valence-corrected chi connectivity index (χ4v) is 8.24. The van der Waals surface area contributed by atoms with Gasteiger partial charge in [-0.1, -0.05) is 18.6 Å². The standard InChI is InChI=1S/C28H36N2O3/c1-16-7-8-21-18(11-16)17-5-3-6-22(25(17)30-21)29-14-20-19-12-24-27(2,13-23(19)33-26(20)31)9-4-10-28(24)15-32-28/h7-8,11,19-20,22-24,29-30H,3-6,9-10,12-15H2,1-2H3/t19-,20+,22-,23-,24-,27-,28+/m1/s1. The Morgan fingerprint density at radius 3 is 2.97 bits per heavy atom. The van der Waals surface area contributed by atoms with Gasteiger partial charge in [-0.15, -0.1) is 0 Å². The van der Waals surface area contributed by atoms with E-state index >= 15 is 0 Å². The molecule has 0 amide bonds. The molecule has 0 bridgehead atoms. The Bertz CT molecular complexity index is 1120. The number of H-pyrrole nitrogens is 1. The first-order chi connectivity index (χ1) is 16.0. The van der Waals surface area contributed by atoms with Crippen LogP contribution in [-0.2, 0) is 20.7 Å². The molecule has 33 heavy (non-hydrogen) atoms. The van der Waals surface area contributed by atoms with E-state index in [4.69, 9.17) is 9.47 Å². The number of hydrogen-bond donors (Lipinski definition) is 2. The van der Waals surface area contributed by atoms with E-state index in [-0.39, 0.29) is 35.0 Å². The first kappa shape index (κ1) is 20.5. The summed E-state index contributed by atoms with van der Waals surface area (Å²) in [6.45, 7) is 6.23. The van der Waals surface area contributed by atoms with Crippen molar-refractivity contribution >= 4 is 16.9 Å². The van der Waals surface area contributed by atoms with Crippen LogP contribution in [-0.4, -0.2) is 35.8 Å². The number of fused-ring (bicyclic) bond motifs is 6. The van der Waals surface area contributed by atoms with E-state index in [2.05, 4.69) is 42.3 Å². The summed E-state index contributed by atoms with van der Waals surface area (Å²) in [6, 6.07) is 6.98. The Balaban J connectivity index is 1.11. The fourth-order valence-electron chi connectivity index (χ4n) is 8.24. The van der Waals surface area contributed by atoms with Crippen LogP contribution in [0, 0.1) is 30.1 Å². The lowest BCUT2D eigenvalue weighted by molar-refractivity contribution is -0.147. The monoisotopic (exact) mass is 448 g/mol. The van der Waals surface area contributed by atoms with Crippen LogP contribution in [0.4, 0.5) is 0 Å². The maximum absolute atomic E-state index is 13.0. The molecule has 3 aliphatic carbocycles. The van der Waals surface area contributed by atoms with Gasteiger partial charge in [0.1, 0.15) is 6.10 Å². The summed E-state index contributed by atoms with van der Waals surface area (Å²) in [7, 11) is 0. The number of rotatable bonds is 3. The van der Waals surface area contributed by atoms with Crippen LogP contribution >= 0.6 is 0 Å². The molecule has 0 unspecified atom stereocenters. The number of hydrogen-bond acceptors (Lipinski definition) is 4. The van der Waals surface area contributed by atoms with Crippen LogP contribution in [0.25, 0.3) is 10.9 Å². The number of ether oxygens (including phenoxy) is 2. The maximum atomic E-state index is 13.0. The number of epoxide rings is 1. The maximum Gasteiger partial charge on any atom is 0.310 e. The van der Waals surface area contributed by atoms with Gasteiger partial charge in [0.25, 0.3) is 0 Å². The third kappa shape index (κ3) is 3.07. The predicted molar refractivity (Wildman–Crippen MR) is 127 cm³/mol. The smallest absolute Gasteiger partial charge is 0.310 e. The van der Waals surface area contributed by atoms with Crippen molar-refractivity contribution in [3.63, 3.8) is 0 Å². The molecule has 2 N–H and O–H groups in total. The van der Waals surface area contributed by atoms with Gasteiger partial charge in [-0.05, 0) is 87.3 Å². The number of aromatic amines is 1. The molecule has 5 nitrogen and oxygen atoms in total. The normalized spacial score (nSPS) is 41.5. The summed E-state index contributed by atoms with van der Waals surface area (Å²) in [5.74, 6) is 0.897. The minimum absolute atomic E-state index is 0.0221. The fraction of sp³-hybridized carbons (Fsp3) is 0.679. The van der Waals surface area contributed by atoms with Gasteiger partial charge in [0.15, 0.2) is 0 Å². The molecule has 176 valence electrons. The van der Waals surface area contributed by atoms with Gasteiger partial charge in [-0.25, -0.2) is 0 Å². The Morgan fingerprint density at radius 2 is 2.12 bits per heavy atom. The van der Waals surface area contributed by atoms with Gasteiger partial charge < -0.3 is 19.8 Å². The topological polar surface area (TPSA) is 66.7 Å². The highest BCUT2D eigenvalue weighted by Crippen LogP contribution is 2.62. The summed E-state index contributed by atoms with van der Waals surface area (Å²) >= 11 is 0. The molecule has 4 fully saturated rings. The lowest BCUT2D eigenvalue weighted by Crippen LogP contribution is -2.51. The van der Waals surface area contributed by atoms with E-state index in [1.807, 2.05) is 0 Å². The second-order valence-electron chi connectivity index (χ2n) is 12.0. The van der Waals surface area contributed by atoms with Gasteiger partial charge in [0.2, 0.25) is 0 Å². The molecule has 5 heteroatoms. The average Bonchev–Trinajstić information content (AvgIpc) is 3.35. The van der Waals surface area contributed by atoms with Crippen molar-refractivity contribution in [2.75, 3.05) is 13.2 Å². The number of carbonyl (C=O) groups is 1. The van der Waals surface area contributed by atoms with E-state index in [0.717, 1.165) is 38.8 Å². The Kier molecular flexibility index (Phi) is 4.40. The molecule has 0 radical (unpaired) electrons. The highest BCUT2D eigenvalue weighted by molar-refractivity contribution is 5.85. The molecular formula is C28H36N2O3. The Morgan fingerprint density at radius 1 is 1.24 bits per heavy atom. The summed E-state index contributed by atoms with van der Waals surface area (Å²) < 4.78 is 12.1. The van der Waals surface area contributed by atoms with Gasteiger partial charge in [-0.3, -0.25) is 4.79 Å². The minimum Gasteiger partial charge on any atom is -0.462 e. The van der Waals surface area contributed by atoms with Crippen LogP contribution in [0.3, 0.4) is 0 Å². The molecule has 7 rings (SSSR count). The first-order valence-corrected chi connectivity index (χ1v) is 13.1.